The highest BCUT2D eigenvalue weighted by Gasteiger charge is 2.29. The summed E-state index contributed by atoms with van der Waals surface area (Å²) >= 11 is 0. The Morgan fingerprint density at radius 3 is 2.90 bits per heavy atom. The quantitative estimate of drug-likeness (QED) is 0.638. The third kappa shape index (κ3) is 2.77. The van der Waals surface area contributed by atoms with E-state index in [9.17, 15) is 10.1 Å². The minimum absolute atomic E-state index is 0.0990. The van der Waals surface area contributed by atoms with Gasteiger partial charge in [0.1, 0.15) is 5.69 Å². The van der Waals surface area contributed by atoms with Crippen LogP contribution in [-0.4, -0.2) is 34.0 Å². The van der Waals surface area contributed by atoms with E-state index < -0.39 is 0 Å². The van der Waals surface area contributed by atoms with Gasteiger partial charge < -0.3 is 10.1 Å². The summed E-state index contributed by atoms with van der Waals surface area (Å²) in [5.74, 6) is 0.896. The first-order chi connectivity index (χ1) is 9.58. The molecule has 0 spiro atoms. The fourth-order valence-corrected chi connectivity index (χ4v) is 2.80. The SMILES string of the molecule is CCc1nn(C)c(NCC2CCOC2CC)c1[N+](=O)[O-]. The minimum Gasteiger partial charge on any atom is -0.378 e. The second kappa shape index (κ2) is 6.21. The third-order valence-corrected chi connectivity index (χ3v) is 3.89. The predicted octanol–water partition coefficient (Wildman–Crippen LogP) is 2.12. The lowest BCUT2D eigenvalue weighted by molar-refractivity contribution is -0.384. The zero-order valence-corrected chi connectivity index (χ0v) is 12.3. The Kier molecular flexibility index (Phi) is 4.59. The van der Waals surface area contributed by atoms with Crippen molar-refractivity contribution in [1.29, 1.82) is 0 Å². The topological polar surface area (TPSA) is 82.2 Å². The van der Waals surface area contributed by atoms with Gasteiger partial charge in [0.25, 0.3) is 0 Å². The maximum atomic E-state index is 11.2. The molecule has 1 fully saturated rings. The van der Waals surface area contributed by atoms with Crippen molar-refractivity contribution >= 4 is 11.5 Å². The molecule has 1 saturated heterocycles. The van der Waals surface area contributed by atoms with Gasteiger partial charge in [0.15, 0.2) is 0 Å². The number of rotatable bonds is 6. The molecule has 0 aromatic carbocycles. The van der Waals surface area contributed by atoms with Crippen molar-refractivity contribution in [3.8, 4) is 0 Å². The number of ether oxygens (including phenoxy) is 1. The van der Waals surface area contributed by atoms with Crippen LogP contribution in [0.4, 0.5) is 11.5 Å². The number of aromatic nitrogens is 2. The highest BCUT2D eigenvalue weighted by atomic mass is 16.6. The fourth-order valence-electron chi connectivity index (χ4n) is 2.80. The van der Waals surface area contributed by atoms with Crippen molar-refractivity contribution in [3.63, 3.8) is 0 Å². The van der Waals surface area contributed by atoms with Crippen molar-refractivity contribution < 1.29 is 9.66 Å². The molecule has 1 N–H and O–H groups in total. The van der Waals surface area contributed by atoms with Crippen molar-refractivity contribution in [3.05, 3.63) is 15.8 Å². The summed E-state index contributed by atoms with van der Waals surface area (Å²) in [5.41, 5.74) is 0.622. The fraction of sp³-hybridized carbons (Fsp3) is 0.769. The van der Waals surface area contributed by atoms with E-state index in [4.69, 9.17) is 4.74 Å². The lowest BCUT2D eigenvalue weighted by Crippen LogP contribution is -2.23. The van der Waals surface area contributed by atoms with Gasteiger partial charge in [-0.2, -0.15) is 5.10 Å². The summed E-state index contributed by atoms with van der Waals surface area (Å²) in [4.78, 5) is 10.9. The van der Waals surface area contributed by atoms with Crippen LogP contribution in [0.2, 0.25) is 0 Å². The van der Waals surface area contributed by atoms with Crippen LogP contribution in [0.1, 0.15) is 32.4 Å². The Morgan fingerprint density at radius 1 is 1.55 bits per heavy atom. The maximum absolute atomic E-state index is 11.2. The minimum atomic E-state index is -0.351. The second-order valence-corrected chi connectivity index (χ2v) is 5.13. The molecule has 7 heteroatoms. The van der Waals surface area contributed by atoms with Crippen LogP contribution < -0.4 is 5.32 Å². The molecule has 1 aliphatic rings. The number of nitrogens with zero attached hydrogens (tertiary/aromatic N) is 3. The van der Waals surface area contributed by atoms with Crippen molar-refractivity contribution in [2.75, 3.05) is 18.5 Å². The van der Waals surface area contributed by atoms with Crippen LogP contribution in [0.15, 0.2) is 0 Å². The molecule has 0 bridgehead atoms. The van der Waals surface area contributed by atoms with E-state index in [0.717, 1.165) is 19.4 Å². The molecular weight excluding hydrogens is 260 g/mol. The molecule has 1 aromatic rings. The van der Waals surface area contributed by atoms with E-state index in [1.807, 2.05) is 6.92 Å². The van der Waals surface area contributed by atoms with Gasteiger partial charge in [-0.3, -0.25) is 10.1 Å². The zero-order chi connectivity index (χ0) is 14.7. The molecule has 2 atom stereocenters. The largest absolute Gasteiger partial charge is 0.378 e. The van der Waals surface area contributed by atoms with Gasteiger partial charge in [0, 0.05) is 26.1 Å². The molecule has 0 radical (unpaired) electrons. The van der Waals surface area contributed by atoms with Gasteiger partial charge in [0.2, 0.25) is 5.82 Å². The average molecular weight is 282 g/mol. The molecular formula is C13H22N4O3. The lowest BCUT2D eigenvalue weighted by atomic mass is 10.00. The first-order valence-electron chi connectivity index (χ1n) is 7.14. The summed E-state index contributed by atoms with van der Waals surface area (Å²) in [5, 5.41) is 18.6. The van der Waals surface area contributed by atoms with E-state index in [1.54, 1.807) is 11.7 Å². The van der Waals surface area contributed by atoms with Gasteiger partial charge in [-0.15, -0.1) is 0 Å². The zero-order valence-electron chi connectivity index (χ0n) is 12.3. The van der Waals surface area contributed by atoms with Gasteiger partial charge >= 0.3 is 5.69 Å². The predicted molar refractivity (Wildman–Crippen MR) is 75.9 cm³/mol. The number of hydrogen-bond donors (Lipinski definition) is 1. The van der Waals surface area contributed by atoms with Crippen LogP contribution in [0.3, 0.4) is 0 Å². The molecule has 2 unspecified atom stereocenters. The number of nitrogens with one attached hydrogen (secondary N) is 1. The summed E-state index contributed by atoms with van der Waals surface area (Å²) in [6.07, 6.45) is 2.77. The van der Waals surface area contributed by atoms with Crippen molar-refractivity contribution in [2.24, 2.45) is 13.0 Å². The van der Waals surface area contributed by atoms with Gasteiger partial charge in [-0.05, 0) is 19.3 Å². The first-order valence-corrected chi connectivity index (χ1v) is 7.14. The van der Waals surface area contributed by atoms with Crippen LogP contribution >= 0.6 is 0 Å². The molecule has 112 valence electrons. The van der Waals surface area contributed by atoms with E-state index in [-0.39, 0.29) is 16.7 Å². The molecule has 0 amide bonds. The Morgan fingerprint density at radius 2 is 2.30 bits per heavy atom. The smallest absolute Gasteiger partial charge is 0.333 e. The average Bonchev–Trinajstić information content (AvgIpc) is 2.99. The highest BCUT2D eigenvalue weighted by molar-refractivity contribution is 5.59. The lowest BCUT2D eigenvalue weighted by Gasteiger charge is -2.17. The molecule has 2 rings (SSSR count). The molecule has 7 nitrogen and oxygen atoms in total. The van der Waals surface area contributed by atoms with Crippen LogP contribution in [0.5, 0.6) is 0 Å². The summed E-state index contributed by atoms with van der Waals surface area (Å²) < 4.78 is 7.20. The number of aryl methyl sites for hydroxylation is 2. The van der Waals surface area contributed by atoms with E-state index in [0.29, 0.717) is 30.4 Å². The molecule has 2 heterocycles. The van der Waals surface area contributed by atoms with Gasteiger partial charge in [0.05, 0.1) is 11.0 Å². The standard InChI is InChI=1S/C13H22N4O3/c1-4-10-12(17(18)19)13(16(3)15-10)14-8-9-6-7-20-11(9)5-2/h9,11,14H,4-8H2,1-3H3. The summed E-state index contributed by atoms with van der Waals surface area (Å²) in [7, 11) is 1.73. The third-order valence-electron chi connectivity index (χ3n) is 3.89. The van der Waals surface area contributed by atoms with Crippen LogP contribution in [-0.2, 0) is 18.2 Å². The molecule has 0 aliphatic carbocycles. The second-order valence-electron chi connectivity index (χ2n) is 5.13. The number of hydrogen-bond acceptors (Lipinski definition) is 5. The highest BCUT2D eigenvalue weighted by Crippen LogP contribution is 2.30. The summed E-state index contributed by atoms with van der Waals surface area (Å²) in [6.45, 7) is 5.43. The molecule has 1 aliphatic heterocycles. The monoisotopic (exact) mass is 282 g/mol. The molecule has 0 saturated carbocycles. The number of anilines is 1. The number of nitro groups is 1. The van der Waals surface area contributed by atoms with E-state index >= 15 is 0 Å². The Balaban J connectivity index is 2.13. The van der Waals surface area contributed by atoms with E-state index in [2.05, 4.69) is 17.3 Å². The Hall–Kier alpha value is -1.63. The van der Waals surface area contributed by atoms with Crippen molar-refractivity contribution in [2.45, 2.75) is 39.2 Å². The Labute approximate surface area is 118 Å². The normalized spacial score (nSPS) is 22.1. The van der Waals surface area contributed by atoms with Gasteiger partial charge in [-0.1, -0.05) is 13.8 Å². The first kappa shape index (κ1) is 14.8. The molecule has 1 aromatic heterocycles. The van der Waals surface area contributed by atoms with Crippen LogP contribution in [0.25, 0.3) is 0 Å². The Bertz CT molecular complexity index is 486. The summed E-state index contributed by atoms with van der Waals surface area (Å²) in [6, 6.07) is 0. The maximum Gasteiger partial charge on any atom is 0.333 e. The van der Waals surface area contributed by atoms with E-state index in [1.165, 1.54) is 0 Å². The van der Waals surface area contributed by atoms with Gasteiger partial charge in [-0.25, -0.2) is 4.68 Å². The van der Waals surface area contributed by atoms with Crippen molar-refractivity contribution in [1.82, 2.24) is 9.78 Å². The molecule has 20 heavy (non-hydrogen) atoms. The van der Waals surface area contributed by atoms with Crippen LogP contribution in [0, 0.1) is 16.0 Å².